The van der Waals surface area contributed by atoms with Crippen LogP contribution in [0.2, 0.25) is 0 Å². The number of fused-ring (bicyclic) bond motifs is 3. The summed E-state index contributed by atoms with van der Waals surface area (Å²) in [5.74, 6) is 0. The van der Waals surface area contributed by atoms with E-state index in [-0.39, 0.29) is 0 Å². The second-order valence-electron chi connectivity index (χ2n) is 7.30. The van der Waals surface area contributed by atoms with E-state index in [1.54, 1.807) is 0 Å². The molecule has 2 heterocycles. The van der Waals surface area contributed by atoms with E-state index in [1.165, 1.54) is 0 Å². The average Bonchev–Trinajstić information content (AvgIpc) is 3.11. The molecule has 3 aromatic carbocycles. The van der Waals surface area contributed by atoms with Crippen molar-refractivity contribution in [3.63, 3.8) is 0 Å². The van der Waals surface area contributed by atoms with Crippen LogP contribution in [0.3, 0.4) is 0 Å². The number of nitriles is 1. The zero-order chi connectivity index (χ0) is 20.0. The minimum absolute atomic E-state index is 0.652. The maximum Gasteiger partial charge on any atom is 0.216 e. The van der Waals surface area contributed by atoms with Gasteiger partial charge in [-0.2, -0.15) is 5.26 Å². The van der Waals surface area contributed by atoms with Crippen molar-refractivity contribution in [3.8, 4) is 28.5 Å². The zero-order valence-electron chi connectivity index (χ0n) is 16.3. The predicted molar refractivity (Wildman–Crippen MR) is 115 cm³/mol. The molecule has 2 aromatic heterocycles. The van der Waals surface area contributed by atoms with E-state index in [0.717, 1.165) is 49.9 Å². The Morgan fingerprint density at radius 3 is 2.45 bits per heavy atom. The lowest BCUT2D eigenvalue weighted by Crippen LogP contribution is -2.30. The summed E-state index contributed by atoms with van der Waals surface area (Å²) in [6, 6.07) is 26.7. The number of aromatic nitrogens is 1. The summed E-state index contributed by atoms with van der Waals surface area (Å²) in [6.45, 7) is 2.10. The molecule has 0 aliphatic carbocycles. The molecule has 0 spiro atoms. The number of nitrogens with zero attached hydrogens (tertiary/aromatic N) is 2. The predicted octanol–water partition coefficient (Wildman–Crippen LogP) is 5.92. The zero-order valence-corrected chi connectivity index (χ0v) is 16.3. The number of pyridine rings is 1. The first-order chi connectivity index (χ1) is 14.2. The van der Waals surface area contributed by atoms with Crippen molar-refractivity contribution in [2.45, 2.75) is 6.92 Å². The molecule has 0 aliphatic rings. The van der Waals surface area contributed by atoms with Gasteiger partial charge in [-0.3, -0.25) is 0 Å². The molecular formula is C26H19N2O+. The van der Waals surface area contributed by atoms with Gasteiger partial charge in [-0.25, -0.2) is 4.57 Å². The second kappa shape index (κ2) is 6.61. The van der Waals surface area contributed by atoms with E-state index in [4.69, 9.17) is 4.42 Å². The summed E-state index contributed by atoms with van der Waals surface area (Å²) in [7, 11) is 2.04. The first kappa shape index (κ1) is 17.2. The van der Waals surface area contributed by atoms with Crippen LogP contribution in [0.1, 0.15) is 11.1 Å². The Morgan fingerprint density at radius 2 is 1.69 bits per heavy atom. The van der Waals surface area contributed by atoms with E-state index in [0.29, 0.717) is 5.56 Å². The highest BCUT2D eigenvalue weighted by Gasteiger charge is 2.21. The maximum absolute atomic E-state index is 9.78. The lowest BCUT2D eigenvalue weighted by Gasteiger charge is -2.05. The number of benzene rings is 3. The number of furan rings is 1. The molecule has 0 unspecified atom stereocenters. The molecule has 0 N–H and O–H groups in total. The van der Waals surface area contributed by atoms with Crippen LogP contribution < -0.4 is 4.57 Å². The molecule has 0 amide bonds. The van der Waals surface area contributed by atoms with E-state index < -0.39 is 0 Å². The van der Waals surface area contributed by atoms with Gasteiger partial charge in [0.1, 0.15) is 18.2 Å². The van der Waals surface area contributed by atoms with Crippen LogP contribution in [0.15, 0.2) is 83.4 Å². The number of rotatable bonds is 2. The molecule has 0 aliphatic heterocycles. The number of aryl methyl sites for hydroxylation is 2. The third-order valence-corrected chi connectivity index (χ3v) is 5.50. The molecule has 0 bridgehead atoms. The Bertz CT molecular complexity index is 1420. The van der Waals surface area contributed by atoms with Gasteiger partial charge in [-0.1, -0.05) is 42.5 Å². The summed E-state index contributed by atoms with van der Waals surface area (Å²) < 4.78 is 8.51. The fourth-order valence-electron chi connectivity index (χ4n) is 4.03. The monoisotopic (exact) mass is 375 g/mol. The first-order valence-corrected chi connectivity index (χ1v) is 9.58. The van der Waals surface area contributed by atoms with Crippen molar-refractivity contribution in [1.29, 1.82) is 5.26 Å². The number of hydrogen-bond donors (Lipinski definition) is 0. The average molecular weight is 375 g/mol. The van der Waals surface area contributed by atoms with Gasteiger partial charge in [0.2, 0.25) is 5.69 Å². The van der Waals surface area contributed by atoms with E-state index in [2.05, 4.69) is 35.8 Å². The normalized spacial score (nSPS) is 11.1. The van der Waals surface area contributed by atoms with Crippen molar-refractivity contribution < 1.29 is 8.98 Å². The van der Waals surface area contributed by atoms with Crippen LogP contribution in [0.5, 0.6) is 0 Å². The molecule has 0 saturated heterocycles. The van der Waals surface area contributed by atoms with Crippen molar-refractivity contribution in [2.75, 3.05) is 0 Å². The molecule has 0 atom stereocenters. The highest BCUT2D eigenvalue weighted by atomic mass is 16.3. The van der Waals surface area contributed by atoms with Crippen molar-refractivity contribution >= 4 is 21.9 Å². The standard InChI is InChI=1S/C26H19N2O/c1-17-11-12-20-22-14-19(16-27)21(18-8-4-3-5-9-18)15-24(22)29-26(20)25(17)23-10-6-7-13-28(23)2/h3-15H,1-2H3/q+1. The van der Waals surface area contributed by atoms with Gasteiger partial charge in [-0.15, -0.1) is 0 Å². The maximum atomic E-state index is 9.78. The summed E-state index contributed by atoms with van der Waals surface area (Å²) in [5, 5.41) is 11.8. The van der Waals surface area contributed by atoms with Crippen LogP contribution in [0, 0.1) is 18.3 Å². The lowest BCUT2D eigenvalue weighted by molar-refractivity contribution is -0.660. The Balaban J connectivity index is 1.86. The second-order valence-corrected chi connectivity index (χ2v) is 7.30. The molecule has 5 rings (SSSR count). The third kappa shape index (κ3) is 2.69. The largest absolute Gasteiger partial charge is 0.455 e. The van der Waals surface area contributed by atoms with Crippen LogP contribution in [-0.2, 0) is 7.05 Å². The van der Waals surface area contributed by atoms with Gasteiger partial charge < -0.3 is 4.42 Å². The quantitative estimate of drug-likeness (QED) is 0.359. The molecule has 0 fully saturated rings. The topological polar surface area (TPSA) is 40.8 Å². The highest BCUT2D eigenvalue weighted by molar-refractivity contribution is 6.11. The SMILES string of the molecule is Cc1ccc2c(oc3cc(-c4ccccc4)c(C#N)cc32)c1-c1cccc[n+]1C. The highest BCUT2D eigenvalue weighted by Crippen LogP contribution is 2.39. The van der Waals surface area contributed by atoms with Crippen molar-refractivity contribution in [2.24, 2.45) is 7.05 Å². The summed E-state index contributed by atoms with van der Waals surface area (Å²) in [6.07, 6.45) is 2.04. The number of hydrogen-bond acceptors (Lipinski definition) is 2. The van der Waals surface area contributed by atoms with Crippen LogP contribution in [0.4, 0.5) is 0 Å². The van der Waals surface area contributed by atoms with Gasteiger partial charge in [0, 0.05) is 28.5 Å². The molecule has 3 nitrogen and oxygen atoms in total. The summed E-state index contributed by atoms with van der Waals surface area (Å²) in [4.78, 5) is 0. The molecule has 3 heteroatoms. The molecule has 0 saturated carbocycles. The van der Waals surface area contributed by atoms with Crippen molar-refractivity contribution in [1.82, 2.24) is 0 Å². The van der Waals surface area contributed by atoms with Gasteiger partial charge in [0.25, 0.3) is 0 Å². The molecule has 0 radical (unpaired) electrons. The summed E-state index contributed by atoms with van der Waals surface area (Å²) in [5.41, 5.74) is 7.54. The van der Waals surface area contributed by atoms with E-state index in [1.807, 2.05) is 67.8 Å². The summed E-state index contributed by atoms with van der Waals surface area (Å²) >= 11 is 0. The van der Waals surface area contributed by atoms with Gasteiger partial charge >= 0.3 is 0 Å². The van der Waals surface area contributed by atoms with Crippen LogP contribution in [0.25, 0.3) is 44.3 Å². The Hall–Kier alpha value is -3.90. The molecule has 5 aromatic rings. The molecular weight excluding hydrogens is 356 g/mol. The van der Waals surface area contributed by atoms with E-state index >= 15 is 0 Å². The molecule has 29 heavy (non-hydrogen) atoms. The fraction of sp³-hybridized carbons (Fsp3) is 0.0769. The minimum Gasteiger partial charge on any atom is -0.455 e. The molecule has 138 valence electrons. The van der Waals surface area contributed by atoms with Crippen molar-refractivity contribution in [3.05, 3.63) is 90.1 Å². The minimum atomic E-state index is 0.652. The lowest BCUT2D eigenvalue weighted by atomic mass is 9.96. The van der Waals surface area contributed by atoms with Gasteiger partial charge in [0.05, 0.1) is 17.2 Å². The van der Waals surface area contributed by atoms with Crippen LogP contribution in [-0.4, -0.2) is 0 Å². The smallest absolute Gasteiger partial charge is 0.216 e. The fourth-order valence-corrected chi connectivity index (χ4v) is 4.03. The van der Waals surface area contributed by atoms with E-state index in [9.17, 15) is 5.26 Å². The van der Waals surface area contributed by atoms with Gasteiger partial charge in [0.15, 0.2) is 6.20 Å². The van der Waals surface area contributed by atoms with Crippen LogP contribution >= 0.6 is 0 Å². The van der Waals surface area contributed by atoms with Gasteiger partial charge in [-0.05, 0) is 36.2 Å². The Kier molecular flexibility index (Phi) is 3.93. The Labute approximate surface area is 169 Å². The first-order valence-electron chi connectivity index (χ1n) is 9.58. The third-order valence-electron chi connectivity index (χ3n) is 5.50. The Morgan fingerprint density at radius 1 is 0.897 bits per heavy atom.